The van der Waals surface area contributed by atoms with Crippen LogP contribution in [0, 0.1) is 5.92 Å². The molecule has 1 fully saturated rings. The average Bonchev–Trinajstić information content (AvgIpc) is 2.78. The van der Waals surface area contributed by atoms with Crippen molar-refractivity contribution in [1.82, 2.24) is 15.2 Å². The first-order valence-corrected chi connectivity index (χ1v) is 10.7. The van der Waals surface area contributed by atoms with Gasteiger partial charge in [0, 0.05) is 39.8 Å². The van der Waals surface area contributed by atoms with Crippen LogP contribution in [-0.4, -0.2) is 61.0 Å². The summed E-state index contributed by atoms with van der Waals surface area (Å²) in [5, 5.41) is 5.57. The van der Waals surface area contributed by atoms with Gasteiger partial charge in [-0.25, -0.2) is 4.98 Å². The fourth-order valence-electron chi connectivity index (χ4n) is 3.97. The summed E-state index contributed by atoms with van der Waals surface area (Å²) >= 11 is 0. The second kappa shape index (κ2) is 8.93. The second-order valence-electron chi connectivity index (χ2n) is 8.35. The van der Waals surface area contributed by atoms with Gasteiger partial charge in [-0.2, -0.15) is 0 Å². The molecule has 0 saturated carbocycles. The number of carbonyl (C=O) groups excluding carboxylic acids is 2. The predicted octanol–water partition coefficient (Wildman–Crippen LogP) is 2.12. The van der Waals surface area contributed by atoms with Gasteiger partial charge in [-0.1, -0.05) is 19.9 Å². The van der Waals surface area contributed by atoms with Crippen LogP contribution in [0.3, 0.4) is 0 Å². The van der Waals surface area contributed by atoms with E-state index in [0.717, 1.165) is 55.4 Å². The van der Waals surface area contributed by atoms with Crippen molar-refractivity contribution in [3.63, 3.8) is 0 Å². The molecular weight excluding hydrogens is 394 g/mol. The van der Waals surface area contributed by atoms with Crippen LogP contribution in [0.2, 0.25) is 0 Å². The summed E-state index contributed by atoms with van der Waals surface area (Å²) in [5.74, 6) is 0.603. The van der Waals surface area contributed by atoms with E-state index in [2.05, 4.69) is 31.5 Å². The van der Waals surface area contributed by atoms with Crippen molar-refractivity contribution >= 4 is 23.2 Å². The molecule has 1 atom stereocenters. The number of fused-ring (bicyclic) bond motifs is 1. The summed E-state index contributed by atoms with van der Waals surface area (Å²) in [7, 11) is 1.60. The number of carbonyl (C=O) groups is 2. The third-order valence-electron chi connectivity index (χ3n) is 5.77. The van der Waals surface area contributed by atoms with Crippen LogP contribution in [-0.2, 0) is 11.3 Å². The van der Waals surface area contributed by atoms with Gasteiger partial charge in [0.2, 0.25) is 0 Å². The minimum atomic E-state index is -0.439. The highest BCUT2D eigenvalue weighted by Crippen LogP contribution is 2.32. The lowest BCUT2D eigenvalue weighted by Crippen LogP contribution is -2.46. The summed E-state index contributed by atoms with van der Waals surface area (Å²) < 4.78 is 5.88. The van der Waals surface area contributed by atoms with E-state index in [-0.39, 0.29) is 17.7 Å². The topological polar surface area (TPSA) is 86.8 Å². The lowest BCUT2D eigenvalue weighted by molar-refractivity contribution is -0.125. The second-order valence-corrected chi connectivity index (χ2v) is 8.35. The van der Waals surface area contributed by atoms with Crippen molar-refractivity contribution < 1.29 is 14.3 Å². The molecule has 2 amide bonds. The summed E-state index contributed by atoms with van der Waals surface area (Å²) in [5.41, 5.74) is 3.35. The number of benzene rings is 1. The van der Waals surface area contributed by atoms with Gasteiger partial charge in [0.05, 0.1) is 17.6 Å². The van der Waals surface area contributed by atoms with Gasteiger partial charge in [0.15, 0.2) is 6.10 Å². The quantitative estimate of drug-likeness (QED) is 0.766. The number of amides is 2. The number of piperazine rings is 1. The van der Waals surface area contributed by atoms with E-state index in [1.54, 1.807) is 19.3 Å². The molecular formula is C23H29N5O3. The first kappa shape index (κ1) is 21.1. The van der Waals surface area contributed by atoms with Crippen molar-refractivity contribution in [2.24, 2.45) is 5.92 Å². The molecule has 1 saturated heterocycles. The van der Waals surface area contributed by atoms with Crippen LogP contribution in [0.5, 0.6) is 5.75 Å². The van der Waals surface area contributed by atoms with E-state index >= 15 is 0 Å². The molecule has 4 rings (SSSR count). The van der Waals surface area contributed by atoms with Crippen molar-refractivity contribution in [3.05, 3.63) is 47.8 Å². The maximum Gasteiger partial charge on any atom is 0.269 e. The van der Waals surface area contributed by atoms with E-state index < -0.39 is 6.10 Å². The Balaban J connectivity index is 1.34. The first-order chi connectivity index (χ1) is 14.9. The number of nitrogens with zero attached hydrogens (tertiary/aromatic N) is 3. The number of anilines is 2. The molecule has 8 nitrogen and oxygen atoms in total. The standard InChI is InChI=1S/C23H29N5O3/c1-15(2)21-23(30)26-19-12-16(4-7-20(19)31-21)14-27-8-10-28(11-9-27)17-5-6-18(25-13-17)22(29)24-3/h4-7,12-13,15,21H,8-11,14H2,1-3H3,(H,24,29)(H,26,30)/t21-/m1/s1. The number of pyridine rings is 1. The van der Waals surface area contributed by atoms with Gasteiger partial charge in [-0.05, 0) is 35.7 Å². The monoisotopic (exact) mass is 423 g/mol. The van der Waals surface area contributed by atoms with E-state index in [0.29, 0.717) is 5.69 Å². The molecule has 0 unspecified atom stereocenters. The third kappa shape index (κ3) is 4.64. The third-order valence-corrected chi connectivity index (χ3v) is 5.77. The van der Waals surface area contributed by atoms with E-state index in [9.17, 15) is 9.59 Å². The number of nitrogens with one attached hydrogen (secondary N) is 2. The summed E-state index contributed by atoms with van der Waals surface area (Å²) in [6.07, 6.45) is 1.32. The Kier molecular flexibility index (Phi) is 6.08. The summed E-state index contributed by atoms with van der Waals surface area (Å²) in [6, 6.07) is 9.74. The van der Waals surface area contributed by atoms with Crippen LogP contribution in [0.4, 0.5) is 11.4 Å². The van der Waals surface area contributed by atoms with Crippen LogP contribution in [0.25, 0.3) is 0 Å². The van der Waals surface area contributed by atoms with Crippen LogP contribution >= 0.6 is 0 Å². The van der Waals surface area contributed by atoms with Crippen LogP contribution in [0.1, 0.15) is 29.9 Å². The van der Waals surface area contributed by atoms with E-state index in [4.69, 9.17) is 4.74 Å². The molecule has 0 radical (unpaired) electrons. The Morgan fingerprint density at radius 1 is 1.23 bits per heavy atom. The number of hydrogen-bond donors (Lipinski definition) is 2. The number of ether oxygens (including phenoxy) is 1. The Hall–Kier alpha value is -3.13. The minimum absolute atomic E-state index is 0.0793. The van der Waals surface area contributed by atoms with Gasteiger partial charge in [-0.15, -0.1) is 0 Å². The zero-order valence-electron chi connectivity index (χ0n) is 18.2. The molecule has 1 aromatic carbocycles. The zero-order valence-corrected chi connectivity index (χ0v) is 18.2. The minimum Gasteiger partial charge on any atom is -0.478 e. The van der Waals surface area contributed by atoms with Gasteiger partial charge in [0.1, 0.15) is 11.4 Å². The summed E-state index contributed by atoms with van der Waals surface area (Å²) in [6.45, 7) is 8.41. The highest BCUT2D eigenvalue weighted by atomic mass is 16.5. The SMILES string of the molecule is CNC(=O)c1ccc(N2CCN(Cc3ccc4c(c3)NC(=O)[C@@H](C(C)C)O4)CC2)cn1. The largest absolute Gasteiger partial charge is 0.478 e. The Morgan fingerprint density at radius 3 is 2.65 bits per heavy atom. The van der Waals surface area contributed by atoms with Crippen LogP contribution < -0.4 is 20.3 Å². The first-order valence-electron chi connectivity index (χ1n) is 10.7. The summed E-state index contributed by atoms with van der Waals surface area (Å²) in [4.78, 5) is 32.9. The molecule has 8 heteroatoms. The van der Waals surface area contributed by atoms with Crippen LogP contribution in [0.15, 0.2) is 36.5 Å². The highest BCUT2D eigenvalue weighted by molar-refractivity contribution is 5.98. The lowest BCUT2D eigenvalue weighted by atomic mass is 10.0. The molecule has 0 bridgehead atoms. The highest BCUT2D eigenvalue weighted by Gasteiger charge is 2.30. The fraction of sp³-hybridized carbons (Fsp3) is 0.435. The normalized spacial score (nSPS) is 18.9. The average molecular weight is 424 g/mol. The van der Waals surface area contributed by atoms with E-state index in [1.165, 1.54) is 0 Å². The Bertz CT molecular complexity index is 952. The molecule has 2 aromatic rings. The van der Waals surface area contributed by atoms with Gasteiger partial charge in [-0.3, -0.25) is 14.5 Å². The van der Waals surface area contributed by atoms with Crippen molar-refractivity contribution in [2.75, 3.05) is 43.4 Å². The molecule has 0 spiro atoms. The fourth-order valence-corrected chi connectivity index (χ4v) is 3.97. The Morgan fingerprint density at radius 2 is 2.00 bits per heavy atom. The molecule has 164 valence electrons. The number of aromatic nitrogens is 1. The predicted molar refractivity (Wildman–Crippen MR) is 119 cm³/mol. The van der Waals surface area contributed by atoms with Crippen molar-refractivity contribution in [3.8, 4) is 5.75 Å². The van der Waals surface area contributed by atoms with Gasteiger partial charge in [0.25, 0.3) is 11.8 Å². The number of rotatable bonds is 5. The maximum absolute atomic E-state index is 12.3. The molecule has 3 heterocycles. The van der Waals surface area contributed by atoms with Gasteiger partial charge < -0.3 is 20.3 Å². The molecule has 31 heavy (non-hydrogen) atoms. The molecule has 0 aliphatic carbocycles. The van der Waals surface area contributed by atoms with Crippen molar-refractivity contribution in [2.45, 2.75) is 26.5 Å². The molecule has 2 aliphatic rings. The Labute approximate surface area is 182 Å². The number of hydrogen-bond acceptors (Lipinski definition) is 6. The molecule has 2 N–H and O–H groups in total. The lowest BCUT2D eigenvalue weighted by Gasteiger charge is -2.36. The van der Waals surface area contributed by atoms with Crippen molar-refractivity contribution in [1.29, 1.82) is 0 Å². The molecule has 2 aliphatic heterocycles. The zero-order chi connectivity index (χ0) is 22.0. The van der Waals surface area contributed by atoms with E-state index in [1.807, 2.05) is 32.0 Å². The molecule has 1 aromatic heterocycles. The maximum atomic E-state index is 12.3. The van der Waals surface area contributed by atoms with Gasteiger partial charge >= 0.3 is 0 Å². The smallest absolute Gasteiger partial charge is 0.269 e.